The van der Waals surface area contributed by atoms with Crippen molar-refractivity contribution >= 4 is 22.2 Å². The predicted octanol–water partition coefficient (Wildman–Crippen LogP) is 3.16. The molecule has 0 unspecified atom stereocenters. The Hall–Kier alpha value is -0.888. The fraction of sp³-hybridized carbons (Fsp3) is 0.933. The predicted molar refractivity (Wildman–Crippen MR) is 102 cm³/mol. The fourth-order valence-electron chi connectivity index (χ4n) is 1.96. The van der Waals surface area contributed by atoms with E-state index in [4.69, 9.17) is 18.0 Å². The summed E-state index contributed by atoms with van der Waals surface area (Å²) in [5.41, 5.74) is 0. The summed E-state index contributed by atoms with van der Waals surface area (Å²) in [7, 11) is -2.44. The lowest BCUT2D eigenvalue weighted by Crippen LogP contribution is -2.46. The average Bonchev–Trinajstić information content (AvgIpc) is 2.49. The van der Waals surface area contributed by atoms with Crippen molar-refractivity contribution in [2.24, 2.45) is 0 Å². The Bertz CT molecular complexity index is 392. The zero-order valence-electron chi connectivity index (χ0n) is 17.7. The summed E-state index contributed by atoms with van der Waals surface area (Å²) in [6, 6.07) is 0.682. The van der Waals surface area contributed by atoms with Gasteiger partial charge in [0.2, 0.25) is 0 Å². The van der Waals surface area contributed by atoms with Gasteiger partial charge >= 0.3 is 22.2 Å². The van der Waals surface area contributed by atoms with E-state index < -0.39 is 16.1 Å². The van der Waals surface area contributed by atoms with E-state index in [1.165, 1.54) is 0 Å². The molecular formula is C15H35BF4N2O5Si. The number of alkyl carbamates (subject to hydrolysis) is 1. The van der Waals surface area contributed by atoms with Gasteiger partial charge in [0.15, 0.2) is 0 Å². The van der Waals surface area contributed by atoms with E-state index in [0.717, 1.165) is 17.4 Å². The molecule has 0 aliphatic carbocycles. The van der Waals surface area contributed by atoms with Gasteiger partial charge in [-0.1, -0.05) is 0 Å². The number of nitrogens with zero attached hydrogens (tertiary/aromatic N) is 1. The quantitative estimate of drug-likeness (QED) is 0.207. The molecule has 0 saturated carbocycles. The van der Waals surface area contributed by atoms with Gasteiger partial charge in [-0.05, 0) is 27.2 Å². The molecule has 0 aromatic carbocycles. The summed E-state index contributed by atoms with van der Waals surface area (Å²) in [5.74, 6) is 0. The molecule has 0 fully saturated rings. The lowest BCUT2D eigenvalue weighted by Gasteiger charge is -2.28. The SMILES string of the molecule is CCO[Si](CCCNC(=O)OCC[N+](C)(C)C)(OCC)OCC.F[B-](F)(F)F. The Labute approximate surface area is 166 Å². The number of carbonyl (C=O) groups excluding carboxylic acids is 1. The van der Waals surface area contributed by atoms with Gasteiger partial charge in [-0.15, -0.1) is 0 Å². The zero-order chi connectivity index (χ0) is 22.3. The number of hydrogen-bond acceptors (Lipinski definition) is 5. The number of hydrogen-bond donors (Lipinski definition) is 1. The van der Waals surface area contributed by atoms with E-state index >= 15 is 0 Å². The van der Waals surface area contributed by atoms with Crippen LogP contribution >= 0.6 is 0 Å². The highest BCUT2D eigenvalue weighted by Crippen LogP contribution is 2.17. The molecule has 0 saturated heterocycles. The smallest absolute Gasteiger partial charge is 0.444 e. The van der Waals surface area contributed by atoms with Gasteiger partial charge in [0.25, 0.3) is 0 Å². The summed E-state index contributed by atoms with van der Waals surface area (Å²) in [6.45, 7) is 9.19. The molecule has 1 amide bonds. The van der Waals surface area contributed by atoms with E-state index in [1.807, 2.05) is 20.8 Å². The third kappa shape index (κ3) is 21.4. The van der Waals surface area contributed by atoms with Crippen molar-refractivity contribution in [3.8, 4) is 0 Å². The highest BCUT2D eigenvalue weighted by molar-refractivity contribution is 6.60. The van der Waals surface area contributed by atoms with Crippen molar-refractivity contribution < 1.29 is 44.6 Å². The maximum Gasteiger partial charge on any atom is 0.673 e. The van der Waals surface area contributed by atoms with Crippen molar-refractivity contribution in [1.29, 1.82) is 0 Å². The first kappa shape index (κ1) is 29.3. The number of quaternary nitrogens is 1. The summed E-state index contributed by atoms with van der Waals surface area (Å²) in [6.07, 6.45) is 0.353. The lowest BCUT2D eigenvalue weighted by molar-refractivity contribution is -0.870. The minimum Gasteiger partial charge on any atom is -0.444 e. The van der Waals surface area contributed by atoms with Crippen LogP contribution in [0.15, 0.2) is 0 Å². The van der Waals surface area contributed by atoms with Crippen molar-refractivity contribution in [1.82, 2.24) is 5.32 Å². The Morgan fingerprint density at radius 2 is 1.39 bits per heavy atom. The van der Waals surface area contributed by atoms with E-state index in [0.29, 0.717) is 39.0 Å². The van der Waals surface area contributed by atoms with Gasteiger partial charge in [0, 0.05) is 32.4 Å². The van der Waals surface area contributed by atoms with Crippen molar-refractivity contribution in [2.45, 2.75) is 33.2 Å². The molecule has 28 heavy (non-hydrogen) atoms. The van der Waals surface area contributed by atoms with Crippen LogP contribution in [0.25, 0.3) is 0 Å². The molecule has 13 heteroatoms. The van der Waals surface area contributed by atoms with E-state index in [-0.39, 0.29) is 6.09 Å². The summed E-state index contributed by atoms with van der Waals surface area (Å²) in [5, 5.41) is 2.76. The van der Waals surface area contributed by atoms with Crippen LogP contribution in [0.4, 0.5) is 22.1 Å². The van der Waals surface area contributed by atoms with Crippen LogP contribution < -0.4 is 5.32 Å². The zero-order valence-corrected chi connectivity index (χ0v) is 18.7. The van der Waals surface area contributed by atoms with Crippen molar-refractivity contribution in [2.75, 3.05) is 60.7 Å². The van der Waals surface area contributed by atoms with Gasteiger partial charge in [-0.3, -0.25) is 0 Å². The summed E-state index contributed by atoms with van der Waals surface area (Å²) in [4.78, 5) is 11.6. The molecule has 7 nitrogen and oxygen atoms in total. The van der Waals surface area contributed by atoms with Crippen molar-refractivity contribution in [3.05, 3.63) is 0 Å². The maximum atomic E-state index is 11.6. The van der Waals surface area contributed by atoms with E-state index in [9.17, 15) is 22.1 Å². The topological polar surface area (TPSA) is 66.0 Å². The number of rotatable bonds is 13. The van der Waals surface area contributed by atoms with Gasteiger partial charge in [-0.2, -0.15) is 0 Å². The molecule has 170 valence electrons. The second-order valence-corrected chi connectivity index (χ2v) is 9.39. The first-order chi connectivity index (χ1) is 12.8. The fourth-order valence-corrected chi connectivity index (χ4v) is 4.57. The monoisotopic (exact) mass is 438 g/mol. The summed E-state index contributed by atoms with van der Waals surface area (Å²) >= 11 is 0. The molecule has 0 aromatic rings. The number of carbonyl (C=O) groups is 1. The van der Waals surface area contributed by atoms with Gasteiger partial charge in [0.1, 0.15) is 13.2 Å². The number of nitrogens with one attached hydrogen (secondary N) is 1. The Morgan fingerprint density at radius 3 is 1.75 bits per heavy atom. The van der Waals surface area contributed by atoms with Gasteiger partial charge < -0.3 is 45.1 Å². The van der Waals surface area contributed by atoms with Gasteiger partial charge in [0.05, 0.1) is 21.1 Å². The molecule has 0 bridgehead atoms. The Kier molecular flexibility index (Phi) is 15.7. The first-order valence-corrected chi connectivity index (χ1v) is 11.2. The van der Waals surface area contributed by atoms with Gasteiger partial charge in [-0.25, -0.2) is 4.79 Å². The Morgan fingerprint density at radius 1 is 0.964 bits per heavy atom. The van der Waals surface area contributed by atoms with E-state index in [1.54, 1.807) is 0 Å². The third-order valence-corrected chi connectivity index (χ3v) is 6.17. The Balaban J connectivity index is 0. The summed E-state index contributed by atoms with van der Waals surface area (Å²) < 4.78 is 62.2. The molecule has 0 aromatic heterocycles. The lowest BCUT2D eigenvalue weighted by atomic mass is 10.3. The highest BCUT2D eigenvalue weighted by Gasteiger charge is 2.39. The second kappa shape index (κ2) is 15.0. The standard InChI is InChI=1S/C15H34N2O5Si.BF4/c1-7-20-23(21-8-2,22-9-3)14-10-11-16-15(18)19-13-12-17(4,5)6;2-1(3,4)5/h7-14H2,1-6H3;/q;-1/p+1. The van der Waals surface area contributed by atoms with Crippen LogP contribution in [-0.2, 0) is 18.0 Å². The number of ether oxygens (including phenoxy) is 1. The van der Waals surface area contributed by atoms with Crippen LogP contribution in [0.5, 0.6) is 0 Å². The largest absolute Gasteiger partial charge is 0.673 e. The van der Waals surface area contributed by atoms with Crippen LogP contribution in [0, 0.1) is 0 Å². The van der Waals surface area contributed by atoms with E-state index in [2.05, 4.69) is 26.5 Å². The molecule has 1 N–H and O–H groups in total. The normalized spacial score (nSPS) is 12.2. The molecule has 0 heterocycles. The molecule has 0 aliphatic rings. The molecule has 0 rings (SSSR count). The van der Waals surface area contributed by atoms with Crippen LogP contribution in [0.1, 0.15) is 27.2 Å². The average molecular weight is 438 g/mol. The van der Waals surface area contributed by atoms with Crippen LogP contribution in [0.3, 0.4) is 0 Å². The van der Waals surface area contributed by atoms with Crippen LogP contribution in [-0.4, -0.2) is 87.3 Å². The minimum atomic E-state index is -6.00. The minimum absolute atomic E-state index is 0.380. The van der Waals surface area contributed by atoms with Crippen molar-refractivity contribution in [3.63, 3.8) is 0 Å². The molecule has 0 atom stereocenters. The second-order valence-electron chi connectivity index (χ2n) is 6.66. The molecule has 0 radical (unpaired) electrons. The van der Waals surface area contributed by atoms with Crippen LogP contribution in [0.2, 0.25) is 6.04 Å². The number of amides is 1. The molecule has 0 spiro atoms. The molecule has 0 aliphatic heterocycles. The maximum absolute atomic E-state index is 11.6. The molecular weight excluding hydrogens is 403 g/mol. The number of halogens is 4. The number of likely N-dealkylation sites (N-methyl/N-ethyl adjacent to an activating group) is 1. The first-order valence-electron chi connectivity index (χ1n) is 9.28. The highest BCUT2D eigenvalue weighted by atomic mass is 28.4. The third-order valence-electron chi connectivity index (χ3n) is 3.02.